The number of nitrogens with one attached hydrogen (secondary N) is 2. The summed E-state index contributed by atoms with van der Waals surface area (Å²) >= 11 is 0. The van der Waals surface area contributed by atoms with Crippen molar-refractivity contribution in [2.24, 2.45) is 0 Å². The molecule has 2 amide bonds. The fourth-order valence-corrected chi connectivity index (χ4v) is 5.63. The lowest BCUT2D eigenvalue weighted by Gasteiger charge is -2.26. The average Bonchev–Trinajstić information content (AvgIpc) is 3.43. The number of rotatable bonds is 6. The van der Waals surface area contributed by atoms with Gasteiger partial charge in [0.2, 0.25) is 0 Å². The average molecular weight is 574 g/mol. The number of anilines is 2. The number of carbonyl (C=O) groups excluding carboxylic acids is 1. The van der Waals surface area contributed by atoms with Crippen molar-refractivity contribution >= 4 is 28.3 Å². The number of benzene rings is 4. The number of urea groups is 1. The third-order valence-electron chi connectivity index (χ3n) is 8.03. The molecule has 7 nitrogen and oxygen atoms in total. The summed E-state index contributed by atoms with van der Waals surface area (Å²) in [6, 6.07) is 28.9. The van der Waals surface area contributed by atoms with Crippen LogP contribution < -0.4 is 10.6 Å². The first kappa shape index (κ1) is 28.6. The fourth-order valence-electron chi connectivity index (χ4n) is 5.63. The molecular formula is C36H39N5O2. The molecule has 0 spiro atoms. The standard InChI is InChI=1S/C36H39N5O2/c1-25-9-15-28(16-10-25)41-34(32(23-37-41)36(2,3)4)39-35(42)38-33-18-17-29(30-7-5-6-8-31(30)33)27-13-11-26(12-14-27)24-40-19-21-43-22-20-40/h5-18,23H,19-22,24H2,1-4H3,(H2,38,39,42). The van der Waals surface area contributed by atoms with Crippen molar-refractivity contribution in [3.05, 3.63) is 108 Å². The number of aromatic nitrogens is 2. The van der Waals surface area contributed by atoms with E-state index in [1.54, 1.807) is 4.68 Å². The van der Waals surface area contributed by atoms with Crippen molar-refractivity contribution in [2.75, 3.05) is 36.9 Å². The summed E-state index contributed by atoms with van der Waals surface area (Å²) in [6.45, 7) is 12.9. The number of amides is 2. The Morgan fingerprint density at radius 2 is 1.56 bits per heavy atom. The van der Waals surface area contributed by atoms with Gasteiger partial charge in [-0.25, -0.2) is 9.48 Å². The molecule has 2 N–H and O–H groups in total. The molecule has 220 valence electrons. The first-order chi connectivity index (χ1) is 20.8. The van der Waals surface area contributed by atoms with Crippen LogP contribution >= 0.6 is 0 Å². The van der Waals surface area contributed by atoms with Crippen molar-refractivity contribution in [3.8, 4) is 16.8 Å². The maximum Gasteiger partial charge on any atom is 0.324 e. The lowest BCUT2D eigenvalue weighted by atomic mass is 9.89. The van der Waals surface area contributed by atoms with E-state index in [1.807, 2.05) is 48.7 Å². The van der Waals surface area contributed by atoms with Crippen molar-refractivity contribution in [1.29, 1.82) is 0 Å². The van der Waals surface area contributed by atoms with Crippen LogP contribution in [0.4, 0.5) is 16.3 Å². The number of morpholine rings is 1. The van der Waals surface area contributed by atoms with Crippen LogP contribution in [0.1, 0.15) is 37.5 Å². The SMILES string of the molecule is Cc1ccc(-n2ncc(C(C)(C)C)c2NC(=O)Nc2ccc(-c3ccc(CN4CCOCC4)cc3)c3ccccc23)cc1. The highest BCUT2D eigenvalue weighted by molar-refractivity contribution is 6.09. The van der Waals surface area contributed by atoms with Gasteiger partial charge in [-0.1, -0.05) is 93.1 Å². The summed E-state index contributed by atoms with van der Waals surface area (Å²) in [6.07, 6.45) is 1.84. The van der Waals surface area contributed by atoms with Gasteiger partial charge in [0.15, 0.2) is 0 Å². The van der Waals surface area contributed by atoms with E-state index in [-0.39, 0.29) is 11.4 Å². The predicted molar refractivity (Wildman–Crippen MR) is 175 cm³/mol. The van der Waals surface area contributed by atoms with Gasteiger partial charge in [-0.15, -0.1) is 0 Å². The molecular weight excluding hydrogens is 534 g/mol. The third kappa shape index (κ3) is 6.33. The van der Waals surface area contributed by atoms with Gasteiger partial charge in [0.05, 0.1) is 30.8 Å². The number of aryl methyl sites for hydroxylation is 1. The number of hydrogen-bond acceptors (Lipinski definition) is 4. The van der Waals surface area contributed by atoms with Crippen LogP contribution in [-0.2, 0) is 16.7 Å². The molecule has 1 saturated heterocycles. The second kappa shape index (κ2) is 12.0. The monoisotopic (exact) mass is 573 g/mol. The van der Waals surface area contributed by atoms with Crippen LogP contribution in [-0.4, -0.2) is 47.0 Å². The number of ether oxygens (including phenoxy) is 1. The van der Waals surface area contributed by atoms with Gasteiger partial charge in [-0.05, 0) is 52.6 Å². The minimum absolute atomic E-state index is 0.211. The van der Waals surface area contributed by atoms with Crippen LogP contribution in [0.5, 0.6) is 0 Å². The first-order valence-electron chi connectivity index (χ1n) is 14.9. The first-order valence-corrected chi connectivity index (χ1v) is 14.9. The molecule has 6 rings (SSSR count). The lowest BCUT2D eigenvalue weighted by Crippen LogP contribution is -2.35. The molecule has 0 aliphatic carbocycles. The van der Waals surface area contributed by atoms with Crippen LogP contribution in [0.2, 0.25) is 0 Å². The molecule has 1 aromatic heterocycles. The molecule has 2 heterocycles. The summed E-state index contributed by atoms with van der Waals surface area (Å²) in [5.41, 5.74) is 7.13. The maximum absolute atomic E-state index is 13.5. The summed E-state index contributed by atoms with van der Waals surface area (Å²) in [5.74, 6) is 0.659. The molecule has 0 saturated carbocycles. The van der Waals surface area contributed by atoms with Gasteiger partial charge in [0.1, 0.15) is 5.82 Å². The second-order valence-corrected chi connectivity index (χ2v) is 12.3. The van der Waals surface area contributed by atoms with Gasteiger partial charge in [-0.2, -0.15) is 5.10 Å². The summed E-state index contributed by atoms with van der Waals surface area (Å²) < 4.78 is 7.28. The summed E-state index contributed by atoms with van der Waals surface area (Å²) in [5, 5.41) is 12.9. The normalized spacial score (nSPS) is 14.1. The molecule has 1 fully saturated rings. The Bertz CT molecular complexity index is 1730. The van der Waals surface area contributed by atoms with Crippen LogP contribution in [0.15, 0.2) is 91.1 Å². The zero-order valence-electron chi connectivity index (χ0n) is 25.4. The molecule has 43 heavy (non-hydrogen) atoms. The molecule has 5 aromatic rings. The molecule has 0 atom stereocenters. The van der Waals surface area contributed by atoms with Crippen molar-refractivity contribution in [3.63, 3.8) is 0 Å². The van der Waals surface area contributed by atoms with Crippen molar-refractivity contribution in [2.45, 2.75) is 39.7 Å². The largest absolute Gasteiger partial charge is 0.379 e. The molecule has 7 heteroatoms. The maximum atomic E-state index is 13.5. The topological polar surface area (TPSA) is 71.4 Å². The second-order valence-electron chi connectivity index (χ2n) is 12.3. The van der Waals surface area contributed by atoms with Gasteiger partial charge in [0.25, 0.3) is 0 Å². The highest BCUT2D eigenvalue weighted by atomic mass is 16.5. The van der Waals surface area contributed by atoms with Crippen molar-refractivity contribution in [1.82, 2.24) is 14.7 Å². The quantitative estimate of drug-likeness (QED) is 0.218. The Morgan fingerprint density at radius 3 is 2.26 bits per heavy atom. The fraction of sp³-hybridized carbons (Fsp3) is 0.278. The summed E-state index contributed by atoms with van der Waals surface area (Å²) in [7, 11) is 0. The Morgan fingerprint density at radius 1 is 0.860 bits per heavy atom. The zero-order valence-corrected chi connectivity index (χ0v) is 25.4. The Hall–Kier alpha value is -4.46. The van der Waals surface area contributed by atoms with Gasteiger partial charge in [-0.3, -0.25) is 10.2 Å². The Balaban J connectivity index is 1.25. The van der Waals surface area contributed by atoms with E-state index in [9.17, 15) is 4.79 Å². The molecule has 4 aromatic carbocycles. The lowest BCUT2D eigenvalue weighted by molar-refractivity contribution is 0.0342. The Kier molecular flexibility index (Phi) is 8.02. The smallest absolute Gasteiger partial charge is 0.324 e. The zero-order chi connectivity index (χ0) is 30.0. The van der Waals surface area contributed by atoms with E-state index < -0.39 is 0 Å². The molecule has 1 aliphatic heterocycles. The van der Waals surface area contributed by atoms with Crippen LogP contribution in [0, 0.1) is 6.92 Å². The Labute approximate surface area is 253 Å². The highest BCUT2D eigenvalue weighted by Gasteiger charge is 2.25. The third-order valence-corrected chi connectivity index (χ3v) is 8.03. The van der Waals surface area contributed by atoms with E-state index in [0.29, 0.717) is 5.82 Å². The summed E-state index contributed by atoms with van der Waals surface area (Å²) in [4.78, 5) is 15.9. The number of hydrogen-bond donors (Lipinski definition) is 2. The van der Waals surface area contributed by atoms with Crippen LogP contribution in [0.3, 0.4) is 0 Å². The predicted octanol–water partition coefficient (Wildman–Crippen LogP) is 7.77. The van der Waals surface area contributed by atoms with Gasteiger partial charge in [0, 0.05) is 30.6 Å². The molecule has 1 aliphatic rings. The minimum Gasteiger partial charge on any atom is -0.379 e. The molecule has 0 bridgehead atoms. The molecule has 0 unspecified atom stereocenters. The van der Waals surface area contributed by atoms with Crippen molar-refractivity contribution < 1.29 is 9.53 Å². The van der Waals surface area contributed by atoms with Crippen LogP contribution in [0.25, 0.3) is 27.6 Å². The van der Waals surface area contributed by atoms with Gasteiger partial charge < -0.3 is 10.1 Å². The minimum atomic E-state index is -0.315. The number of nitrogens with zero attached hydrogens (tertiary/aromatic N) is 3. The molecule has 0 radical (unpaired) electrons. The highest BCUT2D eigenvalue weighted by Crippen LogP contribution is 2.35. The van der Waals surface area contributed by atoms with E-state index >= 15 is 0 Å². The van der Waals surface area contributed by atoms with E-state index in [1.165, 1.54) is 11.1 Å². The van der Waals surface area contributed by atoms with E-state index in [2.05, 4.69) is 90.8 Å². The number of carbonyl (C=O) groups is 1. The van der Waals surface area contributed by atoms with E-state index in [4.69, 9.17) is 4.74 Å². The van der Waals surface area contributed by atoms with E-state index in [0.717, 1.165) is 71.7 Å². The van der Waals surface area contributed by atoms with Gasteiger partial charge >= 0.3 is 6.03 Å². The number of fused-ring (bicyclic) bond motifs is 1.